The van der Waals surface area contributed by atoms with Crippen LogP contribution in [0.5, 0.6) is 0 Å². The Hall–Kier alpha value is -0.160. The minimum Gasteiger partial charge on any atom is -0.391 e. The molecule has 2 heterocycles. The monoisotopic (exact) mass is 229 g/mol. The molecule has 2 saturated heterocycles. The molecule has 2 rings (SSSR count). The topological polar surface area (TPSA) is 41.9 Å². The number of aliphatic hydroxyl groups excluding tert-OH is 1. The minimum absolute atomic E-state index is 0.177. The zero-order chi connectivity index (χ0) is 11.4. The number of hydrogen-bond donors (Lipinski definition) is 1. The quantitative estimate of drug-likeness (QED) is 0.765. The molecule has 16 heavy (non-hydrogen) atoms. The number of likely N-dealkylation sites (N-methyl/N-ethyl adjacent to an activating group) is 1. The highest BCUT2D eigenvalue weighted by molar-refractivity contribution is 4.81. The van der Waals surface area contributed by atoms with E-state index in [9.17, 15) is 5.11 Å². The van der Waals surface area contributed by atoms with Gasteiger partial charge in [-0.25, -0.2) is 0 Å². The van der Waals surface area contributed by atoms with E-state index in [1.165, 1.54) is 0 Å². The zero-order valence-electron chi connectivity index (χ0n) is 10.1. The Morgan fingerprint density at radius 3 is 2.50 bits per heavy atom. The van der Waals surface area contributed by atoms with E-state index in [-0.39, 0.29) is 12.1 Å². The van der Waals surface area contributed by atoms with Crippen molar-refractivity contribution in [2.45, 2.75) is 31.4 Å². The fraction of sp³-hybridized carbons (Fsp3) is 1.00. The van der Waals surface area contributed by atoms with Crippen LogP contribution in [0.3, 0.4) is 0 Å². The Morgan fingerprint density at radius 1 is 1.12 bits per heavy atom. The van der Waals surface area contributed by atoms with Gasteiger partial charge < -0.3 is 14.6 Å². The standard InChI is InChI=1S/C12H23NO3/c1-13(8-10-2-5-15-6-3-10)11-9-16-7-4-12(11)14/h10-12,14H,2-9H2,1H3. The largest absolute Gasteiger partial charge is 0.391 e. The van der Waals surface area contributed by atoms with Crippen LogP contribution in [-0.2, 0) is 9.47 Å². The average Bonchev–Trinajstić information content (AvgIpc) is 2.31. The highest BCUT2D eigenvalue weighted by Crippen LogP contribution is 2.19. The maximum atomic E-state index is 9.92. The van der Waals surface area contributed by atoms with Crippen molar-refractivity contribution in [2.75, 3.05) is 40.0 Å². The normalized spacial score (nSPS) is 33.2. The van der Waals surface area contributed by atoms with Crippen molar-refractivity contribution in [2.24, 2.45) is 5.92 Å². The summed E-state index contributed by atoms with van der Waals surface area (Å²) in [4.78, 5) is 2.26. The van der Waals surface area contributed by atoms with Crippen LogP contribution in [0.25, 0.3) is 0 Å². The van der Waals surface area contributed by atoms with Crippen LogP contribution in [0.2, 0.25) is 0 Å². The SMILES string of the molecule is CN(CC1CCOCC1)C1COCCC1O. The number of rotatable bonds is 3. The van der Waals surface area contributed by atoms with E-state index in [0.717, 1.165) is 39.0 Å². The molecule has 0 aromatic heterocycles. The van der Waals surface area contributed by atoms with Gasteiger partial charge in [0.15, 0.2) is 0 Å². The molecular formula is C12H23NO3. The lowest BCUT2D eigenvalue weighted by Gasteiger charge is -2.37. The average molecular weight is 229 g/mol. The first-order chi connectivity index (χ1) is 7.77. The molecule has 4 nitrogen and oxygen atoms in total. The van der Waals surface area contributed by atoms with E-state index in [0.29, 0.717) is 19.1 Å². The van der Waals surface area contributed by atoms with E-state index >= 15 is 0 Å². The molecular weight excluding hydrogens is 206 g/mol. The van der Waals surface area contributed by atoms with Gasteiger partial charge in [-0.1, -0.05) is 0 Å². The Morgan fingerprint density at radius 2 is 1.81 bits per heavy atom. The molecule has 4 heteroatoms. The van der Waals surface area contributed by atoms with E-state index < -0.39 is 0 Å². The van der Waals surface area contributed by atoms with Gasteiger partial charge in [0.2, 0.25) is 0 Å². The summed E-state index contributed by atoms with van der Waals surface area (Å²) in [6, 6.07) is 0.177. The van der Waals surface area contributed by atoms with Gasteiger partial charge in [0, 0.05) is 26.4 Å². The van der Waals surface area contributed by atoms with Gasteiger partial charge >= 0.3 is 0 Å². The molecule has 0 spiro atoms. The second-order valence-electron chi connectivity index (χ2n) is 4.99. The summed E-state index contributed by atoms with van der Waals surface area (Å²) in [5, 5.41) is 9.92. The van der Waals surface area contributed by atoms with Crippen molar-refractivity contribution in [3.05, 3.63) is 0 Å². The first-order valence-corrected chi connectivity index (χ1v) is 6.31. The van der Waals surface area contributed by atoms with Gasteiger partial charge in [-0.2, -0.15) is 0 Å². The van der Waals surface area contributed by atoms with Crippen molar-refractivity contribution >= 4 is 0 Å². The lowest BCUT2D eigenvalue weighted by molar-refractivity contribution is -0.0610. The molecule has 2 fully saturated rings. The molecule has 0 bridgehead atoms. The molecule has 2 aliphatic rings. The summed E-state index contributed by atoms with van der Waals surface area (Å²) in [5.41, 5.74) is 0. The van der Waals surface area contributed by atoms with Gasteiger partial charge in [0.05, 0.1) is 18.8 Å². The predicted molar refractivity (Wildman–Crippen MR) is 61.4 cm³/mol. The van der Waals surface area contributed by atoms with Crippen LogP contribution in [0.15, 0.2) is 0 Å². The first kappa shape index (κ1) is 12.3. The molecule has 0 aromatic rings. The van der Waals surface area contributed by atoms with E-state index in [1.54, 1.807) is 0 Å². The molecule has 2 atom stereocenters. The van der Waals surface area contributed by atoms with E-state index in [4.69, 9.17) is 9.47 Å². The van der Waals surface area contributed by atoms with Gasteiger partial charge in [0.25, 0.3) is 0 Å². The molecule has 0 aromatic carbocycles. The van der Waals surface area contributed by atoms with Crippen molar-refractivity contribution in [1.29, 1.82) is 0 Å². The second kappa shape index (κ2) is 5.96. The summed E-state index contributed by atoms with van der Waals surface area (Å²) < 4.78 is 10.8. The third kappa shape index (κ3) is 3.17. The maximum Gasteiger partial charge on any atom is 0.0739 e. The van der Waals surface area contributed by atoms with Crippen molar-refractivity contribution in [1.82, 2.24) is 4.90 Å². The summed E-state index contributed by atoms with van der Waals surface area (Å²) in [6.45, 7) is 4.20. The van der Waals surface area contributed by atoms with Crippen molar-refractivity contribution in [3.8, 4) is 0 Å². The summed E-state index contributed by atoms with van der Waals surface area (Å²) >= 11 is 0. The molecule has 0 aliphatic carbocycles. The number of nitrogens with zero attached hydrogens (tertiary/aromatic N) is 1. The molecule has 2 aliphatic heterocycles. The molecule has 94 valence electrons. The Balaban J connectivity index is 1.78. The maximum absolute atomic E-state index is 9.92. The second-order valence-corrected chi connectivity index (χ2v) is 4.99. The van der Waals surface area contributed by atoms with E-state index in [2.05, 4.69) is 11.9 Å². The molecule has 2 unspecified atom stereocenters. The Kier molecular flexibility index (Phi) is 4.58. The smallest absolute Gasteiger partial charge is 0.0739 e. The van der Waals surface area contributed by atoms with Crippen molar-refractivity contribution < 1.29 is 14.6 Å². The summed E-state index contributed by atoms with van der Waals surface area (Å²) in [7, 11) is 2.10. The summed E-state index contributed by atoms with van der Waals surface area (Å²) in [6.07, 6.45) is 2.84. The highest BCUT2D eigenvalue weighted by atomic mass is 16.5. The van der Waals surface area contributed by atoms with Gasteiger partial charge in [0.1, 0.15) is 0 Å². The van der Waals surface area contributed by atoms with Gasteiger partial charge in [-0.15, -0.1) is 0 Å². The summed E-state index contributed by atoms with van der Waals surface area (Å²) in [5.74, 6) is 0.716. The zero-order valence-corrected chi connectivity index (χ0v) is 10.1. The van der Waals surface area contributed by atoms with E-state index in [1.807, 2.05) is 0 Å². The third-order valence-electron chi connectivity index (χ3n) is 3.74. The fourth-order valence-electron chi connectivity index (χ4n) is 2.60. The molecule has 1 N–H and O–H groups in total. The lowest BCUT2D eigenvalue weighted by atomic mass is 9.97. The van der Waals surface area contributed by atoms with Crippen LogP contribution in [0, 0.1) is 5.92 Å². The predicted octanol–water partition coefficient (Wildman–Crippen LogP) is 0.495. The Labute approximate surface area is 97.5 Å². The van der Waals surface area contributed by atoms with Gasteiger partial charge in [-0.05, 0) is 32.2 Å². The van der Waals surface area contributed by atoms with Crippen LogP contribution < -0.4 is 0 Å². The van der Waals surface area contributed by atoms with Gasteiger partial charge in [-0.3, -0.25) is 4.90 Å². The minimum atomic E-state index is -0.224. The van der Waals surface area contributed by atoms with Crippen molar-refractivity contribution in [3.63, 3.8) is 0 Å². The number of aliphatic hydroxyl groups is 1. The van der Waals surface area contributed by atoms with Crippen LogP contribution >= 0.6 is 0 Å². The lowest BCUT2D eigenvalue weighted by Crippen LogP contribution is -2.49. The number of ether oxygens (including phenoxy) is 2. The molecule has 0 amide bonds. The third-order valence-corrected chi connectivity index (χ3v) is 3.74. The fourth-order valence-corrected chi connectivity index (χ4v) is 2.60. The Bertz CT molecular complexity index is 206. The molecule has 0 radical (unpaired) electrons. The van der Waals surface area contributed by atoms with Crippen LogP contribution in [0.1, 0.15) is 19.3 Å². The first-order valence-electron chi connectivity index (χ1n) is 6.31. The molecule has 0 saturated carbocycles. The van der Waals surface area contributed by atoms with Crippen LogP contribution in [-0.4, -0.2) is 62.2 Å². The highest BCUT2D eigenvalue weighted by Gasteiger charge is 2.28. The van der Waals surface area contributed by atoms with Crippen LogP contribution in [0.4, 0.5) is 0 Å². The number of hydrogen-bond acceptors (Lipinski definition) is 4.